The van der Waals surface area contributed by atoms with Gasteiger partial charge in [0.05, 0.1) is 16.4 Å². The van der Waals surface area contributed by atoms with Gasteiger partial charge >= 0.3 is 0 Å². The standard InChI is InChI=1S/C31H41F2N7O/c1-20(41-3)39(14-5-4-6-28-37-26-12-8-22(31(2,32)33)17-27(26)38-28)18-21-7-11-24(16-21)40-15-13-25-29(36-23-9-10-23)34-19-35-30(25)40/h8,12-13,15,17,19-21,23-24H,4-7,9-11,14,16,18H2,1-3H3,(H,37,38)(H,34,35,36)/t20?,21-,24+/m1/s1. The summed E-state index contributed by atoms with van der Waals surface area (Å²) in [5.41, 5.74) is 2.44. The monoisotopic (exact) mass is 565 g/mol. The lowest BCUT2D eigenvalue weighted by atomic mass is 10.1. The van der Waals surface area contributed by atoms with Gasteiger partial charge in [0.25, 0.3) is 5.92 Å². The Morgan fingerprint density at radius 1 is 1.17 bits per heavy atom. The van der Waals surface area contributed by atoms with E-state index in [2.05, 4.69) is 53.9 Å². The van der Waals surface area contributed by atoms with Gasteiger partial charge in [-0.3, -0.25) is 4.90 Å². The largest absolute Gasteiger partial charge is 0.367 e. The lowest BCUT2D eigenvalue weighted by molar-refractivity contribution is -0.0272. The molecule has 0 amide bonds. The molecular weight excluding hydrogens is 524 g/mol. The number of halogens is 2. The number of unbranched alkanes of at least 4 members (excludes halogenated alkanes) is 1. The Morgan fingerprint density at radius 3 is 2.80 bits per heavy atom. The second-order valence-corrected chi connectivity index (χ2v) is 12.0. The molecule has 220 valence electrons. The predicted octanol–water partition coefficient (Wildman–Crippen LogP) is 6.65. The number of fused-ring (bicyclic) bond motifs is 2. The molecule has 1 aromatic carbocycles. The molecule has 3 aromatic heterocycles. The van der Waals surface area contributed by atoms with Gasteiger partial charge in [-0.2, -0.15) is 0 Å². The summed E-state index contributed by atoms with van der Waals surface area (Å²) in [5.74, 6) is -0.455. The summed E-state index contributed by atoms with van der Waals surface area (Å²) in [5, 5.41) is 4.66. The molecule has 10 heteroatoms. The van der Waals surface area contributed by atoms with Gasteiger partial charge in [-0.25, -0.2) is 23.7 Å². The van der Waals surface area contributed by atoms with Crippen molar-refractivity contribution in [2.75, 3.05) is 25.5 Å². The fourth-order valence-electron chi connectivity index (χ4n) is 6.23. The van der Waals surface area contributed by atoms with Crippen LogP contribution < -0.4 is 5.32 Å². The third kappa shape index (κ3) is 6.38. The Labute approximate surface area is 239 Å². The minimum Gasteiger partial charge on any atom is -0.367 e. The molecule has 0 aliphatic heterocycles. The molecule has 4 aromatic rings. The molecule has 3 heterocycles. The number of hydrogen-bond donors (Lipinski definition) is 2. The number of nitrogens with one attached hydrogen (secondary N) is 2. The van der Waals surface area contributed by atoms with Crippen molar-refractivity contribution in [2.45, 2.75) is 89.4 Å². The molecule has 1 unspecified atom stereocenters. The number of nitrogens with zero attached hydrogens (tertiary/aromatic N) is 5. The van der Waals surface area contributed by atoms with Crippen LogP contribution in [0.25, 0.3) is 22.1 Å². The smallest absolute Gasteiger partial charge is 0.270 e. The maximum atomic E-state index is 13.7. The van der Waals surface area contributed by atoms with Crippen molar-refractivity contribution in [3.63, 3.8) is 0 Å². The number of methoxy groups -OCH3 is 1. The molecule has 6 rings (SSSR count). The summed E-state index contributed by atoms with van der Waals surface area (Å²) in [7, 11) is 1.77. The van der Waals surface area contributed by atoms with E-state index in [0.717, 1.165) is 80.3 Å². The molecule has 8 nitrogen and oxygen atoms in total. The normalized spacial score (nSPS) is 20.4. The maximum absolute atomic E-state index is 13.7. The van der Waals surface area contributed by atoms with Gasteiger partial charge in [-0.05, 0) is 76.0 Å². The number of ether oxygens (including phenoxy) is 1. The number of rotatable bonds is 13. The Morgan fingerprint density at radius 2 is 2.02 bits per heavy atom. The molecule has 2 fully saturated rings. The van der Waals surface area contributed by atoms with Crippen LogP contribution in [0.4, 0.5) is 14.6 Å². The zero-order valence-electron chi connectivity index (χ0n) is 24.2. The molecule has 41 heavy (non-hydrogen) atoms. The third-order valence-electron chi connectivity index (χ3n) is 8.83. The topological polar surface area (TPSA) is 83.9 Å². The van der Waals surface area contributed by atoms with Crippen molar-refractivity contribution in [3.05, 3.63) is 48.2 Å². The van der Waals surface area contributed by atoms with Crippen LogP contribution in [0.2, 0.25) is 0 Å². The summed E-state index contributed by atoms with van der Waals surface area (Å²) in [6.07, 6.45) is 12.6. The van der Waals surface area contributed by atoms with E-state index in [-0.39, 0.29) is 11.8 Å². The lowest BCUT2D eigenvalue weighted by Crippen LogP contribution is -2.38. The molecule has 3 atom stereocenters. The van der Waals surface area contributed by atoms with Gasteiger partial charge in [0.1, 0.15) is 29.8 Å². The van der Waals surface area contributed by atoms with Crippen LogP contribution in [0.1, 0.15) is 76.2 Å². The maximum Gasteiger partial charge on any atom is 0.270 e. The molecule has 2 N–H and O–H groups in total. The van der Waals surface area contributed by atoms with Crippen molar-refractivity contribution in [2.24, 2.45) is 5.92 Å². The van der Waals surface area contributed by atoms with Crippen LogP contribution >= 0.6 is 0 Å². The van der Waals surface area contributed by atoms with Gasteiger partial charge in [0.2, 0.25) is 0 Å². The molecule has 0 radical (unpaired) electrons. The number of H-pyrrole nitrogens is 1. The fourth-order valence-corrected chi connectivity index (χ4v) is 6.23. The first-order valence-electron chi connectivity index (χ1n) is 15.0. The molecule has 0 saturated heterocycles. The van der Waals surface area contributed by atoms with Gasteiger partial charge in [-0.15, -0.1) is 0 Å². The van der Waals surface area contributed by atoms with Crippen LogP contribution in [0.15, 0.2) is 36.8 Å². The summed E-state index contributed by atoms with van der Waals surface area (Å²) in [6, 6.07) is 7.81. The molecule has 2 saturated carbocycles. The van der Waals surface area contributed by atoms with E-state index < -0.39 is 5.92 Å². The molecule has 0 bridgehead atoms. The number of anilines is 1. The van der Waals surface area contributed by atoms with Crippen molar-refractivity contribution in [1.82, 2.24) is 29.4 Å². The summed E-state index contributed by atoms with van der Waals surface area (Å²) in [6.45, 7) is 4.99. The number of alkyl halides is 2. The lowest BCUT2D eigenvalue weighted by Gasteiger charge is -2.30. The summed E-state index contributed by atoms with van der Waals surface area (Å²) in [4.78, 5) is 19.4. The van der Waals surface area contributed by atoms with Gasteiger partial charge in [0.15, 0.2) is 0 Å². The minimum atomic E-state index is -2.86. The number of aromatic nitrogens is 5. The number of aryl methyl sites for hydroxylation is 1. The molecule has 2 aliphatic rings. The summed E-state index contributed by atoms with van der Waals surface area (Å²) >= 11 is 0. The Hall–Kier alpha value is -3.11. The highest BCUT2D eigenvalue weighted by Crippen LogP contribution is 2.38. The van der Waals surface area contributed by atoms with Gasteiger partial charge < -0.3 is 19.6 Å². The van der Waals surface area contributed by atoms with E-state index >= 15 is 0 Å². The van der Waals surface area contributed by atoms with Crippen LogP contribution in [0.5, 0.6) is 0 Å². The van der Waals surface area contributed by atoms with Gasteiger partial charge in [0, 0.05) is 57.4 Å². The van der Waals surface area contributed by atoms with Gasteiger partial charge in [-0.1, -0.05) is 6.07 Å². The van der Waals surface area contributed by atoms with Crippen molar-refractivity contribution < 1.29 is 13.5 Å². The Kier molecular flexibility index (Phi) is 7.96. The third-order valence-corrected chi connectivity index (χ3v) is 8.83. The SMILES string of the molecule is COC(C)N(CCCCc1nc2ccc(C(C)(F)F)cc2[nH]1)C[C@@H]1CC[C@H](n2ccc3c(NC4CC4)ncnc32)C1. The molecule has 2 aliphatic carbocycles. The molecular formula is C31H41F2N7O. The second-order valence-electron chi connectivity index (χ2n) is 12.0. The van der Waals surface area contributed by atoms with E-state index in [1.54, 1.807) is 19.5 Å². The number of hydrogen-bond acceptors (Lipinski definition) is 6. The first-order chi connectivity index (χ1) is 19.8. The zero-order chi connectivity index (χ0) is 28.6. The van der Waals surface area contributed by atoms with Crippen LogP contribution in [-0.2, 0) is 17.1 Å². The first-order valence-corrected chi connectivity index (χ1v) is 15.0. The van der Waals surface area contributed by atoms with E-state index in [0.29, 0.717) is 23.5 Å². The second kappa shape index (κ2) is 11.6. The predicted molar refractivity (Wildman–Crippen MR) is 157 cm³/mol. The van der Waals surface area contributed by atoms with Crippen molar-refractivity contribution in [1.29, 1.82) is 0 Å². The van der Waals surface area contributed by atoms with E-state index in [4.69, 9.17) is 4.74 Å². The quantitative estimate of drug-likeness (QED) is 0.139. The molecule has 0 spiro atoms. The first kappa shape index (κ1) is 28.0. The minimum absolute atomic E-state index is 0.00659. The van der Waals surface area contributed by atoms with E-state index in [1.165, 1.54) is 31.4 Å². The summed E-state index contributed by atoms with van der Waals surface area (Å²) < 4.78 is 35.5. The average Bonchev–Trinajstić information content (AvgIpc) is 3.32. The highest BCUT2D eigenvalue weighted by molar-refractivity contribution is 5.87. The Balaban J connectivity index is 1.03. The highest BCUT2D eigenvalue weighted by Gasteiger charge is 2.30. The van der Waals surface area contributed by atoms with E-state index in [9.17, 15) is 8.78 Å². The fraction of sp³-hybridized carbons (Fsp3) is 0.581. The van der Waals surface area contributed by atoms with Crippen molar-refractivity contribution >= 4 is 27.9 Å². The van der Waals surface area contributed by atoms with Crippen LogP contribution in [0, 0.1) is 5.92 Å². The number of aromatic amines is 1. The zero-order valence-corrected chi connectivity index (χ0v) is 24.2. The average molecular weight is 566 g/mol. The number of benzene rings is 1. The van der Waals surface area contributed by atoms with Crippen LogP contribution in [0.3, 0.4) is 0 Å². The number of imidazole rings is 1. The van der Waals surface area contributed by atoms with E-state index in [1.807, 2.05) is 0 Å². The Bertz CT molecular complexity index is 1470. The highest BCUT2D eigenvalue weighted by atomic mass is 19.3. The van der Waals surface area contributed by atoms with Crippen LogP contribution in [-0.4, -0.2) is 61.9 Å². The van der Waals surface area contributed by atoms with Crippen molar-refractivity contribution in [3.8, 4) is 0 Å².